The summed E-state index contributed by atoms with van der Waals surface area (Å²) in [6.45, 7) is 12.7. The van der Waals surface area contributed by atoms with Crippen LogP contribution in [0.1, 0.15) is 40.5 Å². The molecule has 2 saturated heterocycles. The molecule has 0 amide bonds. The average molecular weight is 298 g/mol. The molecule has 2 rings (SSSR count). The van der Waals surface area contributed by atoms with Gasteiger partial charge in [0.15, 0.2) is 0 Å². The Kier molecular flexibility index (Phi) is 5.04. The maximum absolute atomic E-state index is 10.6. The number of rotatable bonds is 4. The summed E-state index contributed by atoms with van der Waals surface area (Å²) in [4.78, 5) is 4.81. The van der Waals surface area contributed by atoms with E-state index in [9.17, 15) is 5.11 Å². The minimum Gasteiger partial charge on any atom is -0.390 e. The van der Waals surface area contributed by atoms with Crippen LogP contribution in [0.4, 0.5) is 0 Å². The third-order valence-corrected chi connectivity index (χ3v) is 5.30. The van der Waals surface area contributed by atoms with Gasteiger partial charge in [0.1, 0.15) is 0 Å². The Hall–Kier alpha value is -0.160. The maximum Gasteiger partial charge on any atom is 0.0896 e. The number of hydrogen-bond acceptors (Lipinski definition) is 4. The van der Waals surface area contributed by atoms with Crippen LogP contribution in [0.5, 0.6) is 0 Å². The van der Waals surface area contributed by atoms with Crippen molar-refractivity contribution in [3.05, 3.63) is 0 Å². The van der Waals surface area contributed by atoms with Gasteiger partial charge in [-0.1, -0.05) is 0 Å². The summed E-state index contributed by atoms with van der Waals surface area (Å²) in [7, 11) is 4.31. The van der Waals surface area contributed by atoms with Gasteiger partial charge >= 0.3 is 0 Å². The second-order valence-corrected chi connectivity index (χ2v) is 8.37. The number of aliphatic hydroxyl groups is 1. The number of hydrogen-bond donors (Lipinski definition) is 1. The lowest BCUT2D eigenvalue weighted by Gasteiger charge is -2.37. The molecule has 0 aromatic rings. The fourth-order valence-corrected chi connectivity index (χ4v) is 4.14. The Morgan fingerprint density at radius 1 is 1.10 bits per heavy atom. The van der Waals surface area contributed by atoms with Crippen molar-refractivity contribution in [1.29, 1.82) is 0 Å². The lowest BCUT2D eigenvalue weighted by Crippen LogP contribution is -2.46. The Morgan fingerprint density at radius 3 is 2.10 bits per heavy atom. The third-order valence-electron chi connectivity index (χ3n) is 5.30. The fourth-order valence-electron chi connectivity index (χ4n) is 4.14. The predicted molar refractivity (Wildman–Crippen MR) is 86.5 cm³/mol. The highest BCUT2D eigenvalue weighted by atomic mass is 16.5. The first-order valence-electron chi connectivity index (χ1n) is 8.37. The zero-order valence-electron chi connectivity index (χ0n) is 14.7. The monoisotopic (exact) mass is 298 g/mol. The smallest absolute Gasteiger partial charge is 0.0896 e. The molecule has 4 heteroatoms. The third kappa shape index (κ3) is 3.98. The van der Waals surface area contributed by atoms with E-state index in [1.807, 2.05) is 13.8 Å². The number of piperidine rings is 1. The molecule has 0 bridgehead atoms. The highest BCUT2D eigenvalue weighted by Crippen LogP contribution is 2.42. The van der Waals surface area contributed by atoms with Gasteiger partial charge in [-0.15, -0.1) is 0 Å². The Morgan fingerprint density at radius 2 is 1.67 bits per heavy atom. The first kappa shape index (κ1) is 17.2. The number of nitrogens with zero attached hydrogens (tertiary/aromatic N) is 2. The van der Waals surface area contributed by atoms with Crippen molar-refractivity contribution in [2.45, 2.75) is 57.8 Å². The molecule has 2 aliphatic rings. The van der Waals surface area contributed by atoms with E-state index in [1.165, 1.54) is 19.4 Å². The largest absolute Gasteiger partial charge is 0.390 e. The van der Waals surface area contributed by atoms with Crippen molar-refractivity contribution < 1.29 is 9.84 Å². The van der Waals surface area contributed by atoms with Crippen LogP contribution < -0.4 is 0 Å². The van der Waals surface area contributed by atoms with Crippen LogP contribution in [0.2, 0.25) is 0 Å². The van der Waals surface area contributed by atoms with Crippen molar-refractivity contribution in [3.8, 4) is 0 Å². The van der Waals surface area contributed by atoms with Crippen LogP contribution in [0.25, 0.3) is 0 Å². The fraction of sp³-hybridized carbons (Fsp3) is 1.00. The second-order valence-electron chi connectivity index (χ2n) is 8.37. The van der Waals surface area contributed by atoms with Gasteiger partial charge in [-0.3, -0.25) is 0 Å². The summed E-state index contributed by atoms with van der Waals surface area (Å²) in [5.41, 5.74) is -0.680. The lowest BCUT2D eigenvalue weighted by molar-refractivity contribution is -0.0914. The molecular formula is C17H34N2O2. The molecule has 0 saturated carbocycles. The molecule has 0 aromatic heterocycles. The highest BCUT2D eigenvalue weighted by Gasteiger charge is 2.53. The molecule has 0 aromatic carbocycles. The van der Waals surface area contributed by atoms with E-state index in [4.69, 9.17) is 4.74 Å². The first-order chi connectivity index (χ1) is 9.62. The molecule has 4 nitrogen and oxygen atoms in total. The van der Waals surface area contributed by atoms with Gasteiger partial charge in [0, 0.05) is 19.0 Å². The number of aliphatic hydroxyl groups excluding tert-OH is 1. The molecule has 0 aliphatic carbocycles. The molecule has 2 aliphatic heterocycles. The van der Waals surface area contributed by atoms with Crippen molar-refractivity contribution >= 4 is 0 Å². The summed E-state index contributed by atoms with van der Waals surface area (Å²) < 4.78 is 6.09. The highest BCUT2D eigenvalue weighted by molar-refractivity contribution is 5.02. The molecule has 0 spiro atoms. The minimum atomic E-state index is -0.433. The summed E-state index contributed by atoms with van der Waals surface area (Å²) >= 11 is 0. The van der Waals surface area contributed by atoms with Gasteiger partial charge in [0.25, 0.3) is 0 Å². The molecule has 21 heavy (non-hydrogen) atoms. The SMILES string of the molecule is CN(C)CC1CCN(CC2C(O)C(C)(C)OC2(C)C)CC1. The normalized spacial score (nSPS) is 33.7. The summed E-state index contributed by atoms with van der Waals surface area (Å²) in [6.07, 6.45) is 2.16. The molecule has 2 fully saturated rings. The zero-order chi connectivity index (χ0) is 15.8. The Balaban J connectivity index is 1.88. The van der Waals surface area contributed by atoms with E-state index in [0.29, 0.717) is 0 Å². The van der Waals surface area contributed by atoms with E-state index >= 15 is 0 Å². The van der Waals surface area contributed by atoms with Gasteiger partial charge in [-0.25, -0.2) is 0 Å². The second kappa shape index (κ2) is 6.15. The number of likely N-dealkylation sites (tertiary alicyclic amines) is 1. The van der Waals surface area contributed by atoms with Gasteiger partial charge in [-0.2, -0.15) is 0 Å². The van der Waals surface area contributed by atoms with E-state index < -0.39 is 5.60 Å². The number of ether oxygens (including phenoxy) is 1. The van der Waals surface area contributed by atoms with E-state index in [1.54, 1.807) is 0 Å². The van der Waals surface area contributed by atoms with Crippen LogP contribution in [0, 0.1) is 11.8 Å². The molecule has 2 unspecified atom stereocenters. The van der Waals surface area contributed by atoms with E-state index in [0.717, 1.165) is 25.6 Å². The Labute approximate surface area is 130 Å². The van der Waals surface area contributed by atoms with Crippen molar-refractivity contribution in [1.82, 2.24) is 9.80 Å². The maximum atomic E-state index is 10.6. The first-order valence-corrected chi connectivity index (χ1v) is 8.37. The molecule has 2 heterocycles. The molecule has 0 radical (unpaired) electrons. The van der Waals surface area contributed by atoms with Crippen molar-refractivity contribution in [3.63, 3.8) is 0 Å². The summed E-state index contributed by atoms with van der Waals surface area (Å²) in [5.74, 6) is 1.02. The molecule has 2 atom stereocenters. The van der Waals surface area contributed by atoms with E-state index in [2.05, 4.69) is 37.7 Å². The zero-order valence-corrected chi connectivity index (χ0v) is 14.7. The van der Waals surface area contributed by atoms with Crippen molar-refractivity contribution in [2.75, 3.05) is 40.3 Å². The average Bonchev–Trinajstić information content (AvgIpc) is 2.49. The lowest BCUT2D eigenvalue weighted by atomic mass is 9.83. The standard InChI is InChI=1S/C17H34N2O2/c1-16(2)14(15(20)17(3,4)21-16)12-19-9-7-13(8-10-19)11-18(5)6/h13-15,20H,7-12H2,1-6H3. The van der Waals surface area contributed by atoms with E-state index in [-0.39, 0.29) is 17.6 Å². The summed E-state index contributed by atoms with van der Waals surface area (Å²) in [5, 5.41) is 10.6. The molecule has 1 N–H and O–H groups in total. The van der Waals surface area contributed by atoms with Crippen LogP contribution >= 0.6 is 0 Å². The van der Waals surface area contributed by atoms with Crippen LogP contribution in [-0.4, -0.2) is 72.5 Å². The van der Waals surface area contributed by atoms with Crippen LogP contribution in [-0.2, 0) is 4.74 Å². The van der Waals surface area contributed by atoms with Crippen LogP contribution in [0.15, 0.2) is 0 Å². The molecule has 124 valence electrons. The molecular weight excluding hydrogens is 264 g/mol. The van der Waals surface area contributed by atoms with Gasteiger partial charge in [0.2, 0.25) is 0 Å². The van der Waals surface area contributed by atoms with Crippen LogP contribution in [0.3, 0.4) is 0 Å². The minimum absolute atomic E-state index is 0.192. The van der Waals surface area contributed by atoms with Gasteiger partial charge in [-0.05, 0) is 73.6 Å². The van der Waals surface area contributed by atoms with Gasteiger partial charge in [0.05, 0.1) is 17.3 Å². The predicted octanol–water partition coefficient (Wildman–Crippen LogP) is 1.82. The topological polar surface area (TPSA) is 35.9 Å². The quantitative estimate of drug-likeness (QED) is 0.859. The van der Waals surface area contributed by atoms with Gasteiger partial charge < -0.3 is 19.6 Å². The summed E-state index contributed by atoms with van der Waals surface area (Å²) in [6, 6.07) is 0. The Bertz CT molecular complexity index is 347. The van der Waals surface area contributed by atoms with Crippen molar-refractivity contribution in [2.24, 2.45) is 11.8 Å².